The molecule has 0 saturated carbocycles. The zero-order valence-electron chi connectivity index (χ0n) is 62.0. The molecule has 2 atom stereocenters. The Morgan fingerprint density at radius 3 is 0.914 bits per heavy atom. The van der Waals surface area contributed by atoms with Crippen LogP contribution in [0, 0.1) is 0 Å². The molecule has 9 nitrogen and oxygen atoms in total. The highest BCUT2D eigenvalue weighted by molar-refractivity contribution is 7.47. The van der Waals surface area contributed by atoms with Gasteiger partial charge in [0.15, 0.2) is 6.10 Å². The number of ether oxygens (including phenoxy) is 2. The van der Waals surface area contributed by atoms with Crippen molar-refractivity contribution in [2.24, 2.45) is 0 Å². The maximum atomic E-state index is 12.9. The first-order chi connectivity index (χ1) is 45.5. The second-order valence-corrected chi connectivity index (χ2v) is 29.5. The Bertz CT molecular complexity index is 1850. The van der Waals surface area contributed by atoms with E-state index in [1.54, 1.807) is 0 Å². The average Bonchev–Trinajstić information content (AvgIpc) is 2.27. The molecule has 0 aliphatic heterocycles. The van der Waals surface area contributed by atoms with Crippen LogP contribution in [0.1, 0.15) is 380 Å². The van der Waals surface area contributed by atoms with Crippen LogP contribution in [0.15, 0.2) is 85.1 Å². The first-order valence-corrected chi connectivity index (χ1v) is 41.3. The number of carbonyl (C=O) groups is 2. The summed E-state index contributed by atoms with van der Waals surface area (Å²) >= 11 is 0. The van der Waals surface area contributed by atoms with Crippen molar-refractivity contribution in [1.82, 2.24) is 0 Å². The van der Waals surface area contributed by atoms with Gasteiger partial charge in [0.2, 0.25) is 0 Å². The Morgan fingerprint density at radius 2 is 0.613 bits per heavy atom. The van der Waals surface area contributed by atoms with Gasteiger partial charge >= 0.3 is 19.8 Å². The highest BCUT2D eigenvalue weighted by Crippen LogP contribution is 2.43. The number of carbonyl (C=O) groups excluding carboxylic acids is 2. The number of phosphoric ester groups is 1. The lowest BCUT2D eigenvalue weighted by molar-refractivity contribution is -0.870. The fourth-order valence-corrected chi connectivity index (χ4v) is 12.4. The minimum atomic E-state index is -4.40. The second kappa shape index (κ2) is 73.4. The van der Waals surface area contributed by atoms with Crippen molar-refractivity contribution in [3.8, 4) is 0 Å². The van der Waals surface area contributed by atoms with E-state index in [1.807, 2.05) is 21.1 Å². The van der Waals surface area contributed by atoms with Crippen LogP contribution in [0.3, 0.4) is 0 Å². The molecule has 0 bridgehead atoms. The van der Waals surface area contributed by atoms with Crippen molar-refractivity contribution in [3.05, 3.63) is 85.1 Å². The lowest BCUT2D eigenvalue weighted by Gasteiger charge is -2.24. The van der Waals surface area contributed by atoms with Crippen LogP contribution in [0.5, 0.6) is 0 Å². The Kier molecular flexibility index (Phi) is 71.2. The molecular weight excluding hydrogens is 1170 g/mol. The van der Waals surface area contributed by atoms with Crippen LogP contribution in [-0.2, 0) is 32.7 Å². The largest absolute Gasteiger partial charge is 0.472 e. The fraction of sp³-hybridized carbons (Fsp3) is 0.807. The average molecular weight is 1320 g/mol. The summed E-state index contributed by atoms with van der Waals surface area (Å²) < 4.78 is 34.8. The monoisotopic (exact) mass is 1320 g/mol. The van der Waals surface area contributed by atoms with E-state index < -0.39 is 26.5 Å². The SMILES string of the molecule is CC/C=C\C/C=C\C/C=C\C/C=C\C/C=C\C/C=C\C/C=C\CCCCCCCCCCCCCCCCCC(=O)OC(COC(=O)CCCCCCCCCCCCCCCCCCCCCCCCCCCCCCCCCC)COP(=O)(O)OCC[N+](C)(C)C. The number of hydrogen-bond acceptors (Lipinski definition) is 7. The lowest BCUT2D eigenvalue weighted by Crippen LogP contribution is -2.37. The van der Waals surface area contributed by atoms with Crippen molar-refractivity contribution in [1.29, 1.82) is 0 Å². The minimum Gasteiger partial charge on any atom is -0.462 e. The van der Waals surface area contributed by atoms with E-state index in [1.165, 1.54) is 270 Å². The molecular formula is C83H153NO8P+. The summed E-state index contributed by atoms with van der Waals surface area (Å²) in [6, 6.07) is 0. The summed E-state index contributed by atoms with van der Waals surface area (Å²) in [5.74, 6) is -0.780. The quantitative estimate of drug-likeness (QED) is 0.0211. The first kappa shape index (κ1) is 90.2. The minimum absolute atomic E-state index is 0.0318. The highest BCUT2D eigenvalue weighted by atomic mass is 31.2. The van der Waals surface area contributed by atoms with Crippen LogP contribution in [0.2, 0.25) is 0 Å². The highest BCUT2D eigenvalue weighted by Gasteiger charge is 2.27. The topological polar surface area (TPSA) is 108 Å². The molecule has 0 aromatic rings. The zero-order valence-corrected chi connectivity index (χ0v) is 62.9. The lowest BCUT2D eigenvalue weighted by atomic mass is 10.0. The van der Waals surface area contributed by atoms with Crippen LogP contribution >= 0.6 is 7.82 Å². The molecule has 1 N–H and O–H groups in total. The van der Waals surface area contributed by atoms with E-state index in [2.05, 4.69) is 98.9 Å². The molecule has 0 aliphatic carbocycles. The van der Waals surface area contributed by atoms with E-state index in [4.69, 9.17) is 18.5 Å². The summed E-state index contributed by atoms with van der Waals surface area (Å²) in [7, 11) is 1.49. The molecule has 0 spiro atoms. The molecule has 10 heteroatoms. The number of likely N-dealkylation sites (N-methyl/N-ethyl adjacent to an activating group) is 1. The Balaban J connectivity index is 3.96. The molecule has 0 fully saturated rings. The van der Waals surface area contributed by atoms with E-state index in [0.717, 1.165) is 77.0 Å². The summed E-state index contributed by atoms with van der Waals surface area (Å²) in [6.45, 7) is 4.38. The van der Waals surface area contributed by atoms with Crippen molar-refractivity contribution in [2.75, 3.05) is 47.5 Å². The van der Waals surface area contributed by atoms with Crippen molar-refractivity contribution < 1.29 is 42.1 Å². The fourth-order valence-electron chi connectivity index (χ4n) is 11.6. The van der Waals surface area contributed by atoms with Crippen molar-refractivity contribution >= 4 is 19.8 Å². The maximum Gasteiger partial charge on any atom is 0.472 e. The number of allylic oxidation sites excluding steroid dienone is 14. The van der Waals surface area contributed by atoms with Crippen molar-refractivity contribution in [3.63, 3.8) is 0 Å². The van der Waals surface area contributed by atoms with Gasteiger partial charge in [0.05, 0.1) is 27.7 Å². The van der Waals surface area contributed by atoms with Crippen molar-refractivity contribution in [2.45, 2.75) is 386 Å². The molecule has 0 radical (unpaired) electrons. The van der Waals surface area contributed by atoms with Gasteiger partial charge in [-0.3, -0.25) is 18.6 Å². The van der Waals surface area contributed by atoms with E-state index in [0.29, 0.717) is 23.9 Å². The molecule has 0 heterocycles. The van der Waals surface area contributed by atoms with Gasteiger partial charge in [-0.1, -0.05) is 381 Å². The third-order valence-corrected chi connectivity index (χ3v) is 18.7. The van der Waals surface area contributed by atoms with Gasteiger partial charge in [-0.15, -0.1) is 0 Å². The Morgan fingerprint density at radius 1 is 0.344 bits per heavy atom. The van der Waals surface area contributed by atoms with E-state index in [-0.39, 0.29) is 25.6 Å². The maximum absolute atomic E-state index is 12.9. The molecule has 0 aliphatic rings. The molecule has 0 aromatic heterocycles. The van der Waals surface area contributed by atoms with Crippen LogP contribution in [-0.4, -0.2) is 74.9 Å². The second-order valence-electron chi connectivity index (χ2n) is 28.1. The van der Waals surface area contributed by atoms with Crippen LogP contribution in [0.25, 0.3) is 0 Å². The number of unbranched alkanes of at least 4 members (excludes halogenated alkanes) is 46. The number of esters is 2. The van der Waals surface area contributed by atoms with Gasteiger partial charge in [0.1, 0.15) is 19.8 Å². The van der Waals surface area contributed by atoms with E-state index in [9.17, 15) is 19.0 Å². The molecule has 0 saturated heterocycles. The van der Waals surface area contributed by atoms with Gasteiger partial charge in [0.25, 0.3) is 0 Å². The molecule has 0 amide bonds. The molecule has 542 valence electrons. The third-order valence-electron chi connectivity index (χ3n) is 17.7. The normalized spacial score (nSPS) is 13.5. The van der Waals surface area contributed by atoms with Gasteiger partial charge in [-0.2, -0.15) is 0 Å². The van der Waals surface area contributed by atoms with Crippen LogP contribution in [0.4, 0.5) is 0 Å². The Labute approximate surface area is 577 Å². The number of rotatable bonds is 74. The number of phosphoric acid groups is 1. The van der Waals surface area contributed by atoms with Gasteiger partial charge in [0, 0.05) is 12.8 Å². The third kappa shape index (κ3) is 78.1. The zero-order chi connectivity index (χ0) is 67.6. The van der Waals surface area contributed by atoms with Crippen LogP contribution < -0.4 is 0 Å². The van der Waals surface area contributed by atoms with Gasteiger partial charge < -0.3 is 18.9 Å². The predicted octanol–water partition coefficient (Wildman–Crippen LogP) is 26.5. The predicted molar refractivity (Wildman–Crippen MR) is 404 cm³/mol. The summed E-state index contributed by atoms with van der Waals surface area (Å²) in [6.07, 6.45) is 102. The van der Waals surface area contributed by atoms with Gasteiger partial charge in [-0.05, 0) is 70.6 Å². The summed E-state index contributed by atoms with van der Waals surface area (Å²) in [5.41, 5.74) is 0. The molecule has 0 aromatic carbocycles. The standard InChI is InChI=1S/C83H152NO8P/c1-6-8-10-12-14-16-18-20-22-24-26-28-30-32-34-36-38-40-41-42-43-44-46-48-50-52-54-56-58-60-62-64-66-68-70-72-74-76-83(86)92-81(80-91-93(87,88)90-78-77-84(3,4)5)79-89-82(85)75-73-71-69-67-65-63-61-59-57-55-53-51-49-47-45-39-37-35-33-31-29-27-25-23-21-19-17-15-13-11-9-7-2/h8,10,14,16,20,22,26,28,32,34,38,40,42-43,81H,6-7,9,11-13,15,17-19,21,23-25,27,29-31,33,35-37,39,41,44-80H2,1-5H3/p+1/b10-8-,16-14-,22-20-,28-26-,34-32-,40-38-,43-42-. The number of hydrogen-bond donors (Lipinski definition) is 1. The number of nitrogens with zero attached hydrogens (tertiary/aromatic N) is 1. The summed E-state index contributed by atoms with van der Waals surface area (Å²) in [5, 5.41) is 0. The Hall–Kier alpha value is -2.81. The summed E-state index contributed by atoms with van der Waals surface area (Å²) in [4.78, 5) is 36.0. The molecule has 0 rings (SSSR count). The van der Waals surface area contributed by atoms with Gasteiger partial charge in [-0.25, -0.2) is 4.57 Å². The number of quaternary nitrogens is 1. The molecule has 93 heavy (non-hydrogen) atoms. The molecule has 2 unspecified atom stereocenters. The van der Waals surface area contributed by atoms with E-state index >= 15 is 0 Å². The first-order valence-electron chi connectivity index (χ1n) is 39.8. The smallest absolute Gasteiger partial charge is 0.462 e.